The molecule has 0 bridgehead atoms. The number of piperazine rings is 1. The maximum Gasteiger partial charge on any atom is 0.255 e. The zero-order chi connectivity index (χ0) is 23.0. The molecule has 3 aromatic rings. The highest BCUT2D eigenvalue weighted by Gasteiger charge is 2.42. The number of carbonyl (C=O) groups is 2. The van der Waals surface area contributed by atoms with Crippen LogP contribution in [0.15, 0.2) is 66.7 Å². The van der Waals surface area contributed by atoms with Crippen LogP contribution in [0.5, 0.6) is 0 Å². The molecule has 0 spiro atoms. The lowest BCUT2D eigenvalue weighted by atomic mass is 9.97. The third kappa shape index (κ3) is 3.84. The lowest BCUT2D eigenvalue weighted by Gasteiger charge is -2.41. The first kappa shape index (κ1) is 21.6. The van der Waals surface area contributed by atoms with E-state index >= 15 is 0 Å². The summed E-state index contributed by atoms with van der Waals surface area (Å²) in [6.45, 7) is 3.69. The van der Waals surface area contributed by atoms with E-state index in [1.165, 1.54) is 17.0 Å². The number of hydrogen-bond donors (Lipinski definition) is 0. The van der Waals surface area contributed by atoms with Gasteiger partial charge in [-0.25, -0.2) is 4.39 Å². The fourth-order valence-corrected chi connectivity index (χ4v) is 4.16. The molecule has 1 atom stereocenters. The summed E-state index contributed by atoms with van der Waals surface area (Å²) >= 11 is 0. The second kappa shape index (κ2) is 8.46. The molecule has 4 rings (SSSR count). The normalized spacial score (nSPS) is 16.5. The van der Waals surface area contributed by atoms with Crippen molar-refractivity contribution >= 4 is 28.9 Å². The van der Waals surface area contributed by atoms with Gasteiger partial charge < -0.3 is 4.90 Å². The molecule has 1 heterocycles. The Kier molecular flexibility index (Phi) is 5.70. The molecule has 0 unspecified atom stereocenters. The number of benzene rings is 3. The molecule has 0 saturated carbocycles. The van der Waals surface area contributed by atoms with Gasteiger partial charge in [0.1, 0.15) is 18.4 Å². The summed E-state index contributed by atoms with van der Waals surface area (Å²) in [5, 5.41) is 0. The molecule has 1 aliphatic heterocycles. The third-order valence-corrected chi connectivity index (χ3v) is 5.80. The molecule has 2 amide bonds. The summed E-state index contributed by atoms with van der Waals surface area (Å²) in [6.07, 6.45) is 0. The standard InChI is InChI=1S/C26H26FN3O2/c1-17-9-14-22(18(2)15-17)30-24(31)16-29(23-8-6-5-7-21(23)27)26(32)25(30)19-10-12-20(13-11-19)28(3)4/h5-15,25H,16H2,1-4H3/t25-/m0/s1. The second-order valence-electron chi connectivity index (χ2n) is 8.32. The van der Waals surface area contributed by atoms with E-state index in [0.717, 1.165) is 16.8 Å². The van der Waals surface area contributed by atoms with Gasteiger partial charge in [-0.15, -0.1) is 0 Å². The number of nitrogens with zero attached hydrogens (tertiary/aromatic N) is 3. The van der Waals surface area contributed by atoms with Crippen LogP contribution in [0.4, 0.5) is 21.5 Å². The summed E-state index contributed by atoms with van der Waals surface area (Å²) < 4.78 is 14.6. The van der Waals surface area contributed by atoms with Crippen molar-refractivity contribution in [2.24, 2.45) is 0 Å². The molecule has 164 valence electrons. The van der Waals surface area contributed by atoms with Crippen LogP contribution in [0.3, 0.4) is 0 Å². The Morgan fingerprint density at radius 1 is 0.906 bits per heavy atom. The van der Waals surface area contributed by atoms with Crippen LogP contribution in [-0.4, -0.2) is 32.5 Å². The lowest BCUT2D eigenvalue weighted by Crippen LogP contribution is -2.56. The van der Waals surface area contributed by atoms with Gasteiger partial charge in [0.15, 0.2) is 0 Å². The minimum atomic E-state index is -0.895. The fraction of sp³-hybridized carbons (Fsp3) is 0.231. The molecule has 0 aliphatic carbocycles. The van der Waals surface area contributed by atoms with Crippen LogP contribution in [-0.2, 0) is 9.59 Å². The molecule has 1 saturated heterocycles. The largest absolute Gasteiger partial charge is 0.378 e. The summed E-state index contributed by atoms with van der Waals surface area (Å²) in [5.74, 6) is -1.14. The van der Waals surface area contributed by atoms with Crippen LogP contribution in [0, 0.1) is 19.7 Å². The average Bonchev–Trinajstić information content (AvgIpc) is 2.76. The van der Waals surface area contributed by atoms with E-state index in [0.29, 0.717) is 11.3 Å². The number of para-hydroxylation sites is 1. The van der Waals surface area contributed by atoms with Gasteiger partial charge in [-0.1, -0.05) is 42.0 Å². The average molecular weight is 432 g/mol. The van der Waals surface area contributed by atoms with E-state index in [9.17, 15) is 14.0 Å². The van der Waals surface area contributed by atoms with Gasteiger partial charge >= 0.3 is 0 Å². The first-order valence-corrected chi connectivity index (χ1v) is 10.5. The van der Waals surface area contributed by atoms with Crippen LogP contribution in [0.1, 0.15) is 22.7 Å². The molecule has 5 nitrogen and oxygen atoms in total. The first-order valence-electron chi connectivity index (χ1n) is 10.5. The summed E-state index contributed by atoms with van der Waals surface area (Å²) in [5.41, 5.74) is 4.43. The first-order chi connectivity index (χ1) is 15.3. The van der Waals surface area contributed by atoms with Crippen molar-refractivity contribution in [3.8, 4) is 0 Å². The van der Waals surface area contributed by atoms with Crippen molar-refractivity contribution < 1.29 is 14.0 Å². The smallest absolute Gasteiger partial charge is 0.255 e. The number of anilines is 3. The molecule has 0 N–H and O–H groups in total. The SMILES string of the molecule is Cc1ccc(N2C(=O)CN(c3ccccc3F)C(=O)[C@@H]2c2ccc(N(C)C)cc2)c(C)c1. The minimum Gasteiger partial charge on any atom is -0.378 e. The lowest BCUT2D eigenvalue weighted by molar-refractivity contribution is -0.128. The third-order valence-electron chi connectivity index (χ3n) is 5.80. The summed E-state index contributed by atoms with van der Waals surface area (Å²) in [7, 11) is 3.87. The molecule has 3 aromatic carbocycles. The Hall–Kier alpha value is -3.67. The Morgan fingerprint density at radius 3 is 2.22 bits per heavy atom. The zero-order valence-electron chi connectivity index (χ0n) is 18.7. The number of amides is 2. The van der Waals surface area contributed by atoms with E-state index in [4.69, 9.17) is 0 Å². The van der Waals surface area contributed by atoms with E-state index in [2.05, 4.69) is 0 Å². The van der Waals surface area contributed by atoms with Gasteiger partial charge in [0.05, 0.1) is 5.69 Å². The van der Waals surface area contributed by atoms with Gasteiger partial charge in [0, 0.05) is 25.5 Å². The van der Waals surface area contributed by atoms with E-state index < -0.39 is 11.9 Å². The summed E-state index contributed by atoms with van der Waals surface area (Å²) in [4.78, 5) is 32.0. The van der Waals surface area contributed by atoms with Crippen LogP contribution >= 0.6 is 0 Å². The number of aryl methyl sites for hydroxylation is 2. The van der Waals surface area contributed by atoms with Crippen LogP contribution in [0.25, 0.3) is 0 Å². The zero-order valence-corrected chi connectivity index (χ0v) is 18.7. The quantitative estimate of drug-likeness (QED) is 0.605. The van der Waals surface area contributed by atoms with Gasteiger partial charge in [0.25, 0.3) is 5.91 Å². The molecular formula is C26H26FN3O2. The maximum absolute atomic E-state index is 14.6. The van der Waals surface area contributed by atoms with Crippen LogP contribution in [0.2, 0.25) is 0 Å². The van der Waals surface area contributed by atoms with Crippen molar-refractivity contribution in [2.75, 3.05) is 35.3 Å². The van der Waals surface area contributed by atoms with Crippen molar-refractivity contribution in [1.82, 2.24) is 0 Å². The predicted octanol–water partition coefficient (Wildman–Crippen LogP) is 4.63. The Balaban J connectivity index is 1.85. The molecular weight excluding hydrogens is 405 g/mol. The second-order valence-corrected chi connectivity index (χ2v) is 8.32. The van der Waals surface area contributed by atoms with Crippen molar-refractivity contribution in [3.05, 3.63) is 89.2 Å². The minimum absolute atomic E-state index is 0.112. The molecule has 6 heteroatoms. The van der Waals surface area contributed by atoms with Gasteiger partial charge in [-0.2, -0.15) is 0 Å². The van der Waals surface area contributed by atoms with Crippen LogP contribution < -0.4 is 14.7 Å². The van der Waals surface area contributed by atoms with E-state index in [1.807, 2.05) is 75.3 Å². The summed E-state index contributed by atoms with van der Waals surface area (Å²) in [6, 6.07) is 18.5. The van der Waals surface area contributed by atoms with Crippen molar-refractivity contribution in [2.45, 2.75) is 19.9 Å². The monoisotopic (exact) mass is 431 g/mol. The molecule has 1 fully saturated rings. The Morgan fingerprint density at radius 2 is 1.59 bits per heavy atom. The molecule has 32 heavy (non-hydrogen) atoms. The number of hydrogen-bond acceptors (Lipinski definition) is 3. The highest BCUT2D eigenvalue weighted by atomic mass is 19.1. The molecule has 1 aliphatic rings. The highest BCUT2D eigenvalue weighted by molar-refractivity contribution is 6.14. The predicted molar refractivity (Wildman–Crippen MR) is 126 cm³/mol. The Labute approximate surface area is 187 Å². The Bertz CT molecular complexity index is 1170. The van der Waals surface area contributed by atoms with E-state index in [-0.39, 0.29) is 24.0 Å². The van der Waals surface area contributed by atoms with Gasteiger partial charge in [-0.3, -0.25) is 19.4 Å². The maximum atomic E-state index is 14.6. The number of carbonyl (C=O) groups excluding carboxylic acids is 2. The fourth-order valence-electron chi connectivity index (χ4n) is 4.16. The van der Waals surface area contributed by atoms with Gasteiger partial charge in [0.2, 0.25) is 5.91 Å². The van der Waals surface area contributed by atoms with Crippen molar-refractivity contribution in [3.63, 3.8) is 0 Å². The number of rotatable bonds is 4. The van der Waals surface area contributed by atoms with E-state index in [1.54, 1.807) is 17.0 Å². The highest BCUT2D eigenvalue weighted by Crippen LogP contribution is 2.37. The topological polar surface area (TPSA) is 43.9 Å². The number of halogens is 1. The molecule has 0 radical (unpaired) electrons. The van der Waals surface area contributed by atoms with Crippen molar-refractivity contribution in [1.29, 1.82) is 0 Å². The van der Waals surface area contributed by atoms with Gasteiger partial charge in [-0.05, 0) is 55.3 Å². The molecule has 0 aromatic heterocycles.